The molecule has 0 spiro atoms. The largest absolute Gasteiger partial charge is 0.345 e. The van der Waals surface area contributed by atoms with Gasteiger partial charge in [0.15, 0.2) is 11.5 Å². The number of carbonyl (C=O) groups is 1. The summed E-state index contributed by atoms with van der Waals surface area (Å²) in [6.45, 7) is 4.05. The highest BCUT2D eigenvalue weighted by molar-refractivity contribution is 7.89. The average molecular weight is 365 g/mol. The smallest absolute Gasteiger partial charge is 0.239 e. The van der Waals surface area contributed by atoms with Gasteiger partial charge in [0.25, 0.3) is 0 Å². The van der Waals surface area contributed by atoms with Crippen LogP contribution in [0.5, 0.6) is 0 Å². The third-order valence-electron chi connectivity index (χ3n) is 4.41. The molecule has 8 nitrogen and oxygen atoms in total. The van der Waals surface area contributed by atoms with E-state index < -0.39 is 16.1 Å². The lowest BCUT2D eigenvalue weighted by atomic mass is 10.2. The lowest BCUT2D eigenvalue weighted by Gasteiger charge is -2.24. The van der Waals surface area contributed by atoms with Gasteiger partial charge in [-0.3, -0.25) is 9.20 Å². The molecule has 1 aliphatic rings. The van der Waals surface area contributed by atoms with Crippen molar-refractivity contribution >= 4 is 21.6 Å². The summed E-state index contributed by atoms with van der Waals surface area (Å²) in [5.41, 5.74) is 0.701. The maximum Gasteiger partial charge on any atom is 0.239 e. The average Bonchev–Trinajstić information content (AvgIpc) is 3.22. The highest BCUT2D eigenvalue weighted by atomic mass is 32.2. The van der Waals surface area contributed by atoms with Crippen molar-refractivity contribution in [3.63, 3.8) is 0 Å². The van der Waals surface area contributed by atoms with Crippen LogP contribution in [0.2, 0.25) is 0 Å². The standard InChI is InChI=1S/C16H23N5O3S/c1-3-11-25(23,24)21-10-6-7-13(21)16(22)17-12(2)15-19-18-14-8-4-5-9-20(14)15/h4-5,8-9,12-13H,3,6-7,10-11H2,1-2H3,(H,17,22). The van der Waals surface area contributed by atoms with Gasteiger partial charge in [-0.15, -0.1) is 10.2 Å². The van der Waals surface area contributed by atoms with Crippen LogP contribution in [0, 0.1) is 0 Å². The number of rotatable bonds is 6. The van der Waals surface area contributed by atoms with Crippen LogP contribution in [0.3, 0.4) is 0 Å². The number of hydrogen-bond acceptors (Lipinski definition) is 5. The van der Waals surface area contributed by atoms with Crippen LogP contribution in [-0.2, 0) is 14.8 Å². The number of amides is 1. The SMILES string of the molecule is CCCS(=O)(=O)N1CCCC1C(=O)NC(C)c1nnc2ccccn12. The number of nitrogens with one attached hydrogen (secondary N) is 1. The Hall–Kier alpha value is -2.00. The molecule has 0 bridgehead atoms. The van der Waals surface area contributed by atoms with Crippen molar-refractivity contribution in [2.45, 2.75) is 45.2 Å². The molecule has 0 saturated carbocycles. The van der Waals surface area contributed by atoms with Crippen LogP contribution in [0.25, 0.3) is 5.65 Å². The molecule has 1 amide bonds. The molecule has 2 atom stereocenters. The van der Waals surface area contributed by atoms with E-state index in [0.29, 0.717) is 37.3 Å². The molecule has 1 N–H and O–H groups in total. The number of hydrogen-bond donors (Lipinski definition) is 1. The van der Waals surface area contributed by atoms with E-state index in [2.05, 4.69) is 15.5 Å². The van der Waals surface area contributed by atoms with Crippen molar-refractivity contribution < 1.29 is 13.2 Å². The van der Waals surface area contributed by atoms with Crippen molar-refractivity contribution in [3.8, 4) is 0 Å². The number of nitrogens with zero attached hydrogens (tertiary/aromatic N) is 4. The molecular weight excluding hydrogens is 342 g/mol. The van der Waals surface area contributed by atoms with E-state index in [-0.39, 0.29) is 17.7 Å². The first kappa shape index (κ1) is 17.8. The molecule has 2 aromatic heterocycles. The predicted octanol–water partition coefficient (Wildman–Crippen LogP) is 1.11. The summed E-state index contributed by atoms with van der Waals surface area (Å²) >= 11 is 0. The van der Waals surface area contributed by atoms with Gasteiger partial charge in [-0.2, -0.15) is 4.31 Å². The van der Waals surface area contributed by atoms with Crippen molar-refractivity contribution in [1.82, 2.24) is 24.2 Å². The van der Waals surface area contributed by atoms with E-state index >= 15 is 0 Å². The summed E-state index contributed by atoms with van der Waals surface area (Å²) < 4.78 is 27.9. The minimum Gasteiger partial charge on any atom is -0.345 e. The third-order valence-corrected chi connectivity index (χ3v) is 6.49. The number of carbonyl (C=O) groups excluding carboxylic acids is 1. The Morgan fingerprint density at radius 3 is 2.96 bits per heavy atom. The van der Waals surface area contributed by atoms with Crippen LogP contribution < -0.4 is 5.32 Å². The molecule has 3 heterocycles. The van der Waals surface area contributed by atoms with Gasteiger partial charge in [0.2, 0.25) is 15.9 Å². The van der Waals surface area contributed by atoms with Crippen LogP contribution >= 0.6 is 0 Å². The molecule has 0 aliphatic carbocycles. The van der Waals surface area contributed by atoms with Crippen LogP contribution in [0.1, 0.15) is 45.0 Å². The van der Waals surface area contributed by atoms with Gasteiger partial charge < -0.3 is 5.32 Å². The van der Waals surface area contributed by atoms with E-state index in [0.717, 1.165) is 0 Å². The maximum atomic E-state index is 12.7. The molecular formula is C16H23N5O3S. The fourth-order valence-electron chi connectivity index (χ4n) is 3.24. The Morgan fingerprint density at radius 1 is 1.40 bits per heavy atom. The van der Waals surface area contributed by atoms with Crippen LogP contribution in [0.15, 0.2) is 24.4 Å². The van der Waals surface area contributed by atoms with E-state index in [1.165, 1.54) is 4.31 Å². The van der Waals surface area contributed by atoms with Crippen molar-refractivity contribution in [1.29, 1.82) is 0 Å². The Kier molecular flexibility index (Phi) is 5.05. The normalized spacial score (nSPS) is 20.0. The summed E-state index contributed by atoms with van der Waals surface area (Å²) in [6.07, 6.45) is 3.61. The molecule has 1 saturated heterocycles. The first-order valence-corrected chi connectivity index (χ1v) is 10.1. The van der Waals surface area contributed by atoms with Crippen molar-refractivity contribution in [2.24, 2.45) is 0 Å². The lowest BCUT2D eigenvalue weighted by Crippen LogP contribution is -2.47. The fourth-order valence-corrected chi connectivity index (χ4v) is 4.99. The second-order valence-corrected chi connectivity index (χ2v) is 8.34. The first-order valence-electron chi connectivity index (χ1n) is 8.53. The van der Waals surface area contributed by atoms with Gasteiger partial charge >= 0.3 is 0 Å². The Balaban J connectivity index is 1.75. The van der Waals surface area contributed by atoms with Crippen molar-refractivity contribution in [3.05, 3.63) is 30.2 Å². The minimum absolute atomic E-state index is 0.0706. The van der Waals surface area contributed by atoms with Gasteiger partial charge in [0.05, 0.1) is 11.8 Å². The topological polar surface area (TPSA) is 96.7 Å². The Bertz CT molecular complexity index is 864. The van der Waals surface area contributed by atoms with Gasteiger partial charge in [-0.1, -0.05) is 13.0 Å². The maximum absolute atomic E-state index is 12.7. The molecule has 136 valence electrons. The summed E-state index contributed by atoms with van der Waals surface area (Å²) in [7, 11) is -3.39. The number of aromatic nitrogens is 3. The molecule has 1 fully saturated rings. The molecule has 0 radical (unpaired) electrons. The van der Waals surface area contributed by atoms with Crippen molar-refractivity contribution in [2.75, 3.05) is 12.3 Å². The summed E-state index contributed by atoms with van der Waals surface area (Å²) in [5.74, 6) is 0.406. The summed E-state index contributed by atoms with van der Waals surface area (Å²) in [4.78, 5) is 12.7. The number of fused-ring (bicyclic) bond motifs is 1. The second kappa shape index (κ2) is 7.09. The quantitative estimate of drug-likeness (QED) is 0.827. The predicted molar refractivity (Wildman–Crippen MR) is 93.4 cm³/mol. The van der Waals surface area contributed by atoms with E-state index in [1.807, 2.05) is 42.6 Å². The zero-order valence-electron chi connectivity index (χ0n) is 14.4. The molecule has 3 rings (SSSR count). The molecule has 25 heavy (non-hydrogen) atoms. The Labute approximate surface area is 147 Å². The molecule has 2 unspecified atom stereocenters. The van der Waals surface area contributed by atoms with E-state index in [9.17, 15) is 13.2 Å². The molecule has 9 heteroatoms. The Morgan fingerprint density at radius 2 is 2.20 bits per heavy atom. The zero-order valence-corrected chi connectivity index (χ0v) is 15.2. The monoisotopic (exact) mass is 365 g/mol. The summed E-state index contributed by atoms with van der Waals surface area (Å²) in [5, 5.41) is 11.1. The van der Waals surface area contributed by atoms with Gasteiger partial charge in [0.1, 0.15) is 6.04 Å². The number of sulfonamides is 1. The molecule has 0 aromatic carbocycles. The zero-order chi connectivity index (χ0) is 18.0. The van der Waals surface area contributed by atoms with E-state index in [4.69, 9.17) is 0 Å². The van der Waals surface area contributed by atoms with E-state index in [1.54, 1.807) is 0 Å². The number of pyridine rings is 1. The molecule has 2 aromatic rings. The fraction of sp³-hybridized carbons (Fsp3) is 0.562. The highest BCUT2D eigenvalue weighted by Crippen LogP contribution is 2.23. The third kappa shape index (κ3) is 3.52. The van der Waals surface area contributed by atoms with Crippen LogP contribution in [0.4, 0.5) is 0 Å². The second-order valence-electron chi connectivity index (χ2n) is 6.30. The minimum atomic E-state index is -3.39. The first-order chi connectivity index (χ1) is 11.9. The van der Waals surface area contributed by atoms with Gasteiger partial charge in [0, 0.05) is 12.7 Å². The van der Waals surface area contributed by atoms with Gasteiger partial charge in [-0.25, -0.2) is 8.42 Å². The highest BCUT2D eigenvalue weighted by Gasteiger charge is 2.38. The lowest BCUT2D eigenvalue weighted by molar-refractivity contribution is -0.124. The molecule has 1 aliphatic heterocycles. The summed E-state index contributed by atoms with van der Waals surface area (Å²) in [6, 6.07) is 4.55. The van der Waals surface area contributed by atoms with Gasteiger partial charge in [-0.05, 0) is 38.3 Å². The van der Waals surface area contributed by atoms with Crippen LogP contribution in [-0.4, -0.2) is 51.6 Å².